The Labute approximate surface area is 99.7 Å². The van der Waals surface area contributed by atoms with Crippen LogP contribution in [-0.4, -0.2) is 46.8 Å². The molecule has 0 saturated heterocycles. The van der Waals surface area contributed by atoms with Crippen molar-refractivity contribution in [3.8, 4) is 0 Å². The molecule has 0 fully saturated rings. The Morgan fingerprint density at radius 2 is 2.38 bits per heavy atom. The molecule has 16 heavy (non-hydrogen) atoms. The maximum Gasteiger partial charge on any atom is 0.256 e. The minimum Gasteiger partial charge on any atom is -0.392 e. The minimum absolute atomic E-state index is 0.113. The van der Waals surface area contributed by atoms with Gasteiger partial charge in [0.1, 0.15) is 5.03 Å². The van der Waals surface area contributed by atoms with Crippen molar-refractivity contribution in [1.29, 1.82) is 0 Å². The van der Waals surface area contributed by atoms with Crippen LogP contribution in [0.1, 0.15) is 17.3 Å². The van der Waals surface area contributed by atoms with Gasteiger partial charge in [0.25, 0.3) is 5.91 Å². The van der Waals surface area contributed by atoms with Gasteiger partial charge in [0.15, 0.2) is 0 Å². The number of aliphatic hydroxyl groups is 1. The number of carbonyl (C=O) groups is 1. The number of carbonyl (C=O) groups excluding carboxylic acids is 1. The molecule has 0 aliphatic carbocycles. The lowest BCUT2D eigenvalue weighted by atomic mass is 10.2. The topological polar surface area (TPSA) is 53.4 Å². The third-order valence-electron chi connectivity index (χ3n) is 2.08. The van der Waals surface area contributed by atoms with Gasteiger partial charge in [-0.1, -0.05) is 0 Å². The lowest BCUT2D eigenvalue weighted by molar-refractivity contribution is 0.0699. The molecule has 5 heteroatoms. The van der Waals surface area contributed by atoms with Crippen molar-refractivity contribution in [3.63, 3.8) is 0 Å². The highest BCUT2D eigenvalue weighted by molar-refractivity contribution is 7.98. The van der Waals surface area contributed by atoms with Crippen molar-refractivity contribution in [2.75, 3.05) is 19.8 Å². The van der Waals surface area contributed by atoms with Crippen LogP contribution < -0.4 is 0 Å². The third-order valence-corrected chi connectivity index (χ3v) is 2.79. The number of hydrogen-bond donors (Lipinski definition) is 1. The standard InChI is InChI=1S/C11H16N2O2S/c1-8(14)7-13(2)11(15)9-5-4-6-12-10(9)16-3/h4-6,8,14H,7H2,1-3H3. The van der Waals surface area contributed by atoms with E-state index in [1.54, 1.807) is 32.3 Å². The van der Waals surface area contributed by atoms with Crippen molar-refractivity contribution < 1.29 is 9.90 Å². The number of hydrogen-bond acceptors (Lipinski definition) is 4. The van der Waals surface area contributed by atoms with Crippen LogP contribution >= 0.6 is 11.8 Å². The molecule has 0 spiro atoms. The Bertz CT molecular complexity index is 369. The maximum absolute atomic E-state index is 12.0. The average molecular weight is 240 g/mol. The van der Waals surface area contributed by atoms with Crippen molar-refractivity contribution in [3.05, 3.63) is 23.9 Å². The highest BCUT2D eigenvalue weighted by Crippen LogP contribution is 2.18. The Morgan fingerprint density at radius 3 is 2.94 bits per heavy atom. The van der Waals surface area contributed by atoms with Gasteiger partial charge >= 0.3 is 0 Å². The number of pyridine rings is 1. The molecular weight excluding hydrogens is 224 g/mol. The van der Waals surface area contributed by atoms with E-state index in [-0.39, 0.29) is 5.91 Å². The first-order chi connectivity index (χ1) is 7.56. The van der Waals surface area contributed by atoms with Gasteiger partial charge < -0.3 is 10.0 Å². The van der Waals surface area contributed by atoms with Gasteiger partial charge in [-0.15, -0.1) is 11.8 Å². The molecule has 0 saturated carbocycles. The summed E-state index contributed by atoms with van der Waals surface area (Å²) in [5.41, 5.74) is 0.582. The second-order valence-electron chi connectivity index (χ2n) is 3.59. The molecule has 1 aromatic rings. The van der Waals surface area contributed by atoms with Crippen LogP contribution in [0, 0.1) is 0 Å². The molecule has 1 N–H and O–H groups in total. The number of aliphatic hydroxyl groups excluding tert-OH is 1. The van der Waals surface area contributed by atoms with Gasteiger partial charge in [-0.3, -0.25) is 4.79 Å². The third kappa shape index (κ3) is 3.21. The predicted octanol–water partition coefficient (Wildman–Crippen LogP) is 1.26. The van der Waals surface area contributed by atoms with Crippen LogP contribution in [0.25, 0.3) is 0 Å². The van der Waals surface area contributed by atoms with Gasteiger partial charge in [-0.25, -0.2) is 4.98 Å². The van der Waals surface area contributed by atoms with Gasteiger partial charge in [-0.05, 0) is 25.3 Å². The summed E-state index contributed by atoms with van der Waals surface area (Å²) in [5, 5.41) is 9.94. The summed E-state index contributed by atoms with van der Waals surface area (Å²) in [6.07, 6.45) is 3.02. The van der Waals surface area contributed by atoms with Crippen molar-refractivity contribution in [2.45, 2.75) is 18.1 Å². The zero-order valence-corrected chi connectivity index (χ0v) is 10.5. The van der Waals surface area contributed by atoms with E-state index in [1.807, 2.05) is 6.26 Å². The zero-order valence-electron chi connectivity index (χ0n) is 9.67. The molecule has 1 unspecified atom stereocenters. The monoisotopic (exact) mass is 240 g/mol. The summed E-state index contributed by atoms with van der Waals surface area (Å²) in [6, 6.07) is 3.49. The summed E-state index contributed by atoms with van der Waals surface area (Å²) < 4.78 is 0. The number of aromatic nitrogens is 1. The molecule has 0 aliphatic heterocycles. The number of nitrogens with zero attached hydrogens (tertiary/aromatic N) is 2. The molecule has 1 atom stereocenters. The van der Waals surface area contributed by atoms with E-state index in [2.05, 4.69) is 4.98 Å². The molecule has 0 bridgehead atoms. The molecule has 88 valence electrons. The Balaban J connectivity index is 2.87. The summed E-state index contributed by atoms with van der Waals surface area (Å²) in [4.78, 5) is 17.7. The van der Waals surface area contributed by atoms with Gasteiger partial charge in [-0.2, -0.15) is 0 Å². The second-order valence-corrected chi connectivity index (χ2v) is 4.39. The summed E-state index contributed by atoms with van der Waals surface area (Å²) in [5.74, 6) is -0.113. The number of amides is 1. The highest BCUT2D eigenvalue weighted by Gasteiger charge is 2.16. The fraction of sp³-hybridized carbons (Fsp3) is 0.455. The van der Waals surface area contributed by atoms with E-state index in [0.29, 0.717) is 17.1 Å². The lowest BCUT2D eigenvalue weighted by Crippen LogP contribution is -2.33. The largest absolute Gasteiger partial charge is 0.392 e. The van der Waals surface area contributed by atoms with Crippen LogP contribution in [0.15, 0.2) is 23.4 Å². The number of rotatable bonds is 4. The van der Waals surface area contributed by atoms with Gasteiger partial charge in [0, 0.05) is 19.8 Å². The highest BCUT2D eigenvalue weighted by atomic mass is 32.2. The molecule has 0 radical (unpaired) electrons. The Kier molecular flexibility index (Phi) is 4.76. The van der Waals surface area contributed by atoms with E-state index in [4.69, 9.17) is 0 Å². The van der Waals surface area contributed by atoms with E-state index >= 15 is 0 Å². The van der Waals surface area contributed by atoms with Crippen molar-refractivity contribution in [1.82, 2.24) is 9.88 Å². The quantitative estimate of drug-likeness (QED) is 0.805. The van der Waals surface area contributed by atoms with Crippen LogP contribution in [-0.2, 0) is 0 Å². The van der Waals surface area contributed by atoms with Crippen molar-refractivity contribution in [2.24, 2.45) is 0 Å². The Morgan fingerprint density at radius 1 is 1.69 bits per heavy atom. The molecule has 4 nitrogen and oxygen atoms in total. The average Bonchev–Trinajstić information content (AvgIpc) is 2.27. The fourth-order valence-electron chi connectivity index (χ4n) is 1.40. The second kappa shape index (κ2) is 5.86. The molecule has 1 amide bonds. The fourth-order valence-corrected chi connectivity index (χ4v) is 1.94. The first-order valence-corrected chi connectivity index (χ1v) is 6.21. The van der Waals surface area contributed by atoms with E-state index in [0.717, 1.165) is 0 Å². The number of thioether (sulfide) groups is 1. The maximum atomic E-state index is 12.0. The summed E-state index contributed by atoms with van der Waals surface area (Å²) in [6.45, 7) is 1.98. The van der Waals surface area contributed by atoms with Crippen molar-refractivity contribution >= 4 is 17.7 Å². The molecule has 1 heterocycles. The van der Waals surface area contributed by atoms with E-state index in [9.17, 15) is 9.90 Å². The molecule has 1 rings (SSSR count). The predicted molar refractivity (Wildman–Crippen MR) is 64.7 cm³/mol. The minimum atomic E-state index is -0.525. The molecular formula is C11H16N2O2S. The number of likely N-dealkylation sites (N-methyl/N-ethyl adjacent to an activating group) is 1. The first-order valence-electron chi connectivity index (χ1n) is 4.98. The van der Waals surface area contributed by atoms with Crippen LogP contribution in [0.3, 0.4) is 0 Å². The summed E-state index contributed by atoms with van der Waals surface area (Å²) >= 11 is 1.44. The van der Waals surface area contributed by atoms with E-state index in [1.165, 1.54) is 16.7 Å². The Hall–Kier alpha value is -1.07. The zero-order chi connectivity index (χ0) is 12.1. The smallest absolute Gasteiger partial charge is 0.256 e. The summed E-state index contributed by atoms with van der Waals surface area (Å²) in [7, 11) is 1.67. The van der Waals surface area contributed by atoms with Gasteiger partial charge in [0.2, 0.25) is 0 Å². The molecule has 1 aromatic heterocycles. The molecule has 0 aliphatic rings. The van der Waals surface area contributed by atoms with Crippen LogP contribution in [0.2, 0.25) is 0 Å². The van der Waals surface area contributed by atoms with Crippen LogP contribution in [0.4, 0.5) is 0 Å². The molecule has 0 aromatic carbocycles. The first kappa shape index (κ1) is 13.0. The normalized spacial score (nSPS) is 12.2. The van der Waals surface area contributed by atoms with Gasteiger partial charge in [0.05, 0.1) is 11.7 Å². The lowest BCUT2D eigenvalue weighted by Gasteiger charge is -2.19. The van der Waals surface area contributed by atoms with Crippen LogP contribution in [0.5, 0.6) is 0 Å². The SMILES string of the molecule is CSc1ncccc1C(=O)N(C)CC(C)O. The van der Waals surface area contributed by atoms with E-state index < -0.39 is 6.10 Å².